The Labute approximate surface area is 105 Å². The normalized spacial score (nSPS) is 10.1. The van der Waals surface area contributed by atoms with Crippen LogP contribution in [-0.2, 0) is 9.53 Å². The van der Waals surface area contributed by atoms with Gasteiger partial charge in [-0.1, -0.05) is 0 Å². The number of ether oxygens (including phenoxy) is 1. The minimum atomic E-state index is -0.303. The van der Waals surface area contributed by atoms with Crippen molar-refractivity contribution in [2.24, 2.45) is 0 Å². The molecule has 0 bridgehead atoms. The maximum absolute atomic E-state index is 12.1. The molecule has 4 nitrogen and oxygen atoms in total. The molecule has 1 aromatic heterocycles. The van der Waals surface area contributed by atoms with Crippen molar-refractivity contribution in [2.45, 2.75) is 20.3 Å². The third-order valence-corrected chi connectivity index (χ3v) is 3.46. The summed E-state index contributed by atoms with van der Waals surface area (Å²) in [5.74, 6) is -0.348. The predicted molar refractivity (Wildman–Crippen MR) is 67.4 cm³/mol. The number of carbonyl (C=O) groups excluding carboxylic acids is 2. The number of methoxy groups -OCH3 is 1. The molecule has 0 saturated heterocycles. The van der Waals surface area contributed by atoms with E-state index in [9.17, 15) is 9.59 Å². The van der Waals surface area contributed by atoms with Crippen LogP contribution in [0.2, 0.25) is 0 Å². The maximum Gasteiger partial charge on any atom is 0.307 e. The van der Waals surface area contributed by atoms with E-state index in [4.69, 9.17) is 0 Å². The molecule has 1 aromatic rings. The van der Waals surface area contributed by atoms with Crippen molar-refractivity contribution in [1.82, 2.24) is 4.90 Å². The Morgan fingerprint density at radius 1 is 1.41 bits per heavy atom. The molecule has 0 aliphatic rings. The van der Waals surface area contributed by atoms with Gasteiger partial charge in [0.1, 0.15) is 0 Å². The molecule has 0 aliphatic heterocycles. The zero-order valence-electron chi connectivity index (χ0n) is 10.6. The summed E-state index contributed by atoms with van der Waals surface area (Å²) in [4.78, 5) is 26.7. The van der Waals surface area contributed by atoms with E-state index in [1.54, 1.807) is 23.3 Å². The first-order chi connectivity index (χ1) is 7.95. The summed E-state index contributed by atoms with van der Waals surface area (Å²) in [6, 6.07) is 1.89. The minimum absolute atomic E-state index is 0.0456. The highest BCUT2D eigenvalue weighted by Gasteiger charge is 2.16. The SMILES string of the molecule is COC(=O)CCN(C)C(=O)c1cc(C)sc1C. The van der Waals surface area contributed by atoms with E-state index in [-0.39, 0.29) is 18.3 Å². The summed E-state index contributed by atoms with van der Waals surface area (Å²) in [6.07, 6.45) is 0.223. The smallest absolute Gasteiger partial charge is 0.307 e. The topological polar surface area (TPSA) is 46.6 Å². The highest BCUT2D eigenvalue weighted by Crippen LogP contribution is 2.21. The molecule has 0 radical (unpaired) electrons. The van der Waals surface area contributed by atoms with Crippen molar-refractivity contribution in [3.05, 3.63) is 21.4 Å². The van der Waals surface area contributed by atoms with Crippen molar-refractivity contribution in [3.63, 3.8) is 0 Å². The van der Waals surface area contributed by atoms with Gasteiger partial charge in [-0.25, -0.2) is 0 Å². The summed E-state index contributed by atoms with van der Waals surface area (Å²) >= 11 is 1.60. The molecule has 0 spiro atoms. The Kier molecular flexibility index (Phi) is 4.69. The largest absolute Gasteiger partial charge is 0.469 e. The third kappa shape index (κ3) is 3.56. The van der Waals surface area contributed by atoms with Gasteiger partial charge in [0.2, 0.25) is 0 Å². The Hall–Kier alpha value is -1.36. The summed E-state index contributed by atoms with van der Waals surface area (Å²) in [6.45, 7) is 4.28. The lowest BCUT2D eigenvalue weighted by molar-refractivity contribution is -0.140. The number of aryl methyl sites for hydroxylation is 2. The van der Waals surface area contributed by atoms with E-state index in [0.717, 1.165) is 15.3 Å². The van der Waals surface area contributed by atoms with Gasteiger partial charge in [-0.05, 0) is 19.9 Å². The van der Waals surface area contributed by atoms with E-state index >= 15 is 0 Å². The highest BCUT2D eigenvalue weighted by atomic mass is 32.1. The van der Waals surface area contributed by atoms with Gasteiger partial charge >= 0.3 is 5.97 Å². The van der Waals surface area contributed by atoms with Crippen LogP contribution < -0.4 is 0 Å². The molecule has 0 N–H and O–H groups in total. The monoisotopic (exact) mass is 255 g/mol. The quantitative estimate of drug-likeness (QED) is 0.773. The van der Waals surface area contributed by atoms with Gasteiger partial charge in [-0.3, -0.25) is 9.59 Å². The molecule has 94 valence electrons. The fourth-order valence-corrected chi connectivity index (χ4v) is 2.43. The lowest BCUT2D eigenvalue weighted by atomic mass is 10.2. The lowest BCUT2D eigenvalue weighted by Crippen LogP contribution is -2.29. The molecule has 5 heteroatoms. The third-order valence-electron chi connectivity index (χ3n) is 2.50. The fourth-order valence-electron chi connectivity index (χ4n) is 1.51. The molecule has 0 aromatic carbocycles. The van der Waals surface area contributed by atoms with Gasteiger partial charge < -0.3 is 9.64 Å². The first-order valence-electron chi connectivity index (χ1n) is 5.35. The van der Waals surface area contributed by atoms with E-state index in [1.165, 1.54) is 7.11 Å². The average Bonchev–Trinajstić information content (AvgIpc) is 2.63. The lowest BCUT2D eigenvalue weighted by Gasteiger charge is -2.16. The zero-order chi connectivity index (χ0) is 13.0. The van der Waals surface area contributed by atoms with E-state index < -0.39 is 0 Å². The van der Waals surface area contributed by atoms with Crippen LogP contribution in [-0.4, -0.2) is 37.5 Å². The standard InChI is InChI=1S/C12H17NO3S/c1-8-7-10(9(2)17-8)12(15)13(3)6-5-11(14)16-4/h7H,5-6H2,1-4H3. The summed E-state index contributed by atoms with van der Waals surface area (Å²) in [7, 11) is 3.04. The molecule has 0 saturated carbocycles. The van der Waals surface area contributed by atoms with Crippen LogP contribution in [0, 0.1) is 13.8 Å². The highest BCUT2D eigenvalue weighted by molar-refractivity contribution is 7.12. The van der Waals surface area contributed by atoms with E-state index in [2.05, 4.69) is 4.74 Å². The number of hydrogen-bond donors (Lipinski definition) is 0. The summed E-state index contributed by atoms with van der Waals surface area (Å²) in [5.41, 5.74) is 0.722. The average molecular weight is 255 g/mol. The molecule has 0 aliphatic carbocycles. The van der Waals surface area contributed by atoms with Gasteiger partial charge in [0.05, 0.1) is 19.1 Å². The number of nitrogens with zero attached hydrogens (tertiary/aromatic N) is 1. The molecular formula is C12H17NO3S. The van der Waals surface area contributed by atoms with Crippen LogP contribution in [0.1, 0.15) is 26.5 Å². The zero-order valence-corrected chi connectivity index (χ0v) is 11.4. The van der Waals surface area contributed by atoms with Gasteiger partial charge in [0.15, 0.2) is 0 Å². The first kappa shape index (κ1) is 13.7. The number of hydrogen-bond acceptors (Lipinski definition) is 4. The van der Waals surface area contributed by atoms with E-state index in [0.29, 0.717) is 6.54 Å². The second-order valence-electron chi connectivity index (χ2n) is 3.88. The fraction of sp³-hybridized carbons (Fsp3) is 0.500. The molecule has 17 heavy (non-hydrogen) atoms. The molecule has 1 amide bonds. The van der Waals surface area contributed by atoms with Crippen molar-refractivity contribution < 1.29 is 14.3 Å². The number of esters is 1. The number of thiophene rings is 1. The second-order valence-corrected chi connectivity index (χ2v) is 5.34. The number of rotatable bonds is 4. The predicted octanol–water partition coefficient (Wildman–Crippen LogP) is 2.00. The molecule has 0 atom stereocenters. The van der Waals surface area contributed by atoms with Crippen molar-refractivity contribution >= 4 is 23.2 Å². The van der Waals surface area contributed by atoms with Crippen molar-refractivity contribution in [2.75, 3.05) is 20.7 Å². The van der Waals surface area contributed by atoms with Crippen molar-refractivity contribution in [3.8, 4) is 0 Å². The number of amides is 1. The van der Waals surface area contributed by atoms with Crippen LogP contribution in [0.5, 0.6) is 0 Å². The van der Waals surface area contributed by atoms with Crippen LogP contribution in [0.25, 0.3) is 0 Å². The molecule has 0 fully saturated rings. The maximum atomic E-state index is 12.1. The number of carbonyl (C=O) groups is 2. The van der Waals surface area contributed by atoms with Crippen LogP contribution >= 0.6 is 11.3 Å². The molecule has 0 unspecified atom stereocenters. The Bertz CT molecular complexity index is 425. The molecular weight excluding hydrogens is 238 g/mol. The van der Waals surface area contributed by atoms with E-state index in [1.807, 2.05) is 19.9 Å². The van der Waals surface area contributed by atoms with Gasteiger partial charge in [-0.15, -0.1) is 11.3 Å². The van der Waals surface area contributed by atoms with Crippen LogP contribution in [0.15, 0.2) is 6.07 Å². The second kappa shape index (κ2) is 5.82. The Balaban J connectivity index is 2.64. The van der Waals surface area contributed by atoms with Crippen molar-refractivity contribution in [1.29, 1.82) is 0 Å². The molecule has 1 heterocycles. The Morgan fingerprint density at radius 3 is 2.53 bits per heavy atom. The van der Waals surface area contributed by atoms with Gasteiger partial charge in [0.25, 0.3) is 5.91 Å². The van der Waals surface area contributed by atoms with Gasteiger partial charge in [-0.2, -0.15) is 0 Å². The first-order valence-corrected chi connectivity index (χ1v) is 6.16. The minimum Gasteiger partial charge on any atom is -0.469 e. The summed E-state index contributed by atoms with van der Waals surface area (Å²) < 4.78 is 4.54. The Morgan fingerprint density at radius 2 is 2.06 bits per heavy atom. The van der Waals surface area contributed by atoms with Gasteiger partial charge in [0, 0.05) is 23.3 Å². The molecule has 1 rings (SSSR count). The van der Waals surface area contributed by atoms with Crippen LogP contribution in [0.3, 0.4) is 0 Å². The van der Waals surface area contributed by atoms with Crippen LogP contribution in [0.4, 0.5) is 0 Å². The summed E-state index contributed by atoms with van der Waals surface area (Å²) in [5, 5.41) is 0.